The van der Waals surface area contributed by atoms with Crippen molar-refractivity contribution in [3.05, 3.63) is 23.8 Å². The molecular weight excluding hydrogens is 266 g/mol. The first-order chi connectivity index (χ1) is 10.1. The van der Waals surface area contributed by atoms with E-state index in [2.05, 4.69) is 24.2 Å². The van der Waals surface area contributed by atoms with Crippen molar-refractivity contribution in [2.45, 2.75) is 52.5 Å². The fourth-order valence-corrected chi connectivity index (χ4v) is 2.43. The van der Waals surface area contributed by atoms with E-state index in [1.165, 1.54) is 25.7 Å². The lowest BCUT2D eigenvalue weighted by molar-refractivity contribution is 0.0697. The zero-order valence-electron chi connectivity index (χ0n) is 12.7. The molecule has 0 saturated carbocycles. The molecule has 0 unspecified atom stereocenters. The molecule has 0 atom stereocenters. The standard InChI is InChI=1S/C16H23N3O2/c1-12(2)7-5-3-4-6-10-19-15-11-13(16(20)21)8-9-14(15)17-18-19/h8-9,11-12H,3-7,10H2,1-2H3,(H,20,21). The minimum atomic E-state index is -0.918. The van der Waals surface area contributed by atoms with Crippen LogP contribution in [0.25, 0.3) is 11.0 Å². The van der Waals surface area contributed by atoms with Crippen LogP contribution in [0.1, 0.15) is 56.3 Å². The Kier molecular flexibility index (Phi) is 5.31. The number of benzene rings is 1. The van der Waals surface area contributed by atoms with Crippen LogP contribution in [0.4, 0.5) is 0 Å². The molecule has 0 radical (unpaired) electrons. The molecule has 1 aromatic carbocycles. The molecule has 0 aliphatic rings. The number of carboxylic acids is 1. The molecule has 114 valence electrons. The van der Waals surface area contributed by atoms with E-state index < -0.39 is 5.97 Å². The van der Waals surface area contributed by atoms with Gasteiger partial charge in [-0.25, -0.2) is 9.48 Å². The summed E-state index contributed by atoms with van der Waals surface area (Å²) in [5.74, 6) is -0.142. The van der Waals surface area contributed by atoms with E-state index in [9.17, 15) is 4.79 Å². The molecule has 1 N–H and O–H groups in total. The van der Waals surface area contributed by atoms with Gasteiger partial charge >= 0.3 is 5.97 Å². The number of aryl methyl sites for hydroxylation is 1. The zero-order chi connectivity index (χ0) is 15.2. The first-order valence-electron chi connectivity index (χ1n) is 7.64. The molecule has 0 bridgehead atoms. The van der Waals surface area contributed by atoms with Crippen molar-refractivity contribution in [2.24, 2.45) is 5.92 Å². The lowest BCUT2D eigenvalue weighted by Crippen LogP contribution is -2.02. The predicted octanol–water partition coefficient (Wildman–Crippen LogP) is 3.74. The molecule has 1 aromatic heterocycles. The van der Waals surface area contributed by atoms with Gasteiger partial charge in [-0.3, -0.25) is 0 Å². The van der Waals surface area contributed by atoms with Gasteiger partial charge in [0.2, 0.25) is 0 Å². The highest BCUT2D eigenvalue weighted by atomic mass is 16.4. The maximum absolute atomic E-state index is 11.0. The van der Waals surface area contributed by atoms with E-state index >= 15 is 0 Å². The first kappa shape index (κ1) is 15.5. The minimum Gasteiger partial charge on any atom is -0.478 e. The fourth-order valence-electron chi connectivity index (χ4n) is 2.43. The molecule has 0 amide bonds. The van der Waals surface area contributed by atoms with Gasteiger partial charge in [0, 0.05) is 6.54 Å². The summed E-state index contributed by atoms with van der Waals surface area (Å²) >= 11 is 0. The minimum absolute atomic E-state index is 0.281. The third kappa shape index (κ3) is 4.28. The lowest BCUT2D eigenvalue weighted by Gasteiger charge is -2.05. The highest BCUT2D eigenvalue weighted by Crippen LogP contribution is 2.15. The number of aromatic nitrogens is 3. The average Bonchev–Trinajstić information content (AvgIpc) is 2.84. The van der Waals surface area contributed by atoms with E-state index in [-0.39, 0.29) is 5.56 Å². The Hall–Kier alpha value is -1.91. The Balaban J connectivity index is 1.90. The summed E-state index contributed by atoms with van der Waals surface area (Å²) in [6, 6.07) is 4.93. The van der Waals surface area contributed by atoms with Gasteiger partial charge in [0.1, 0.15) is 5.52 Å². The highest BCUT2D eigenvalue weighted by molar-refractivity contribution is 5.92. The van der Waals surface area contributed by atoms with Gasteiger partial charge in [0.05, 0.1) is 11.1 Å². The van der Waals surface area contributed by atoms with Crippen LogP contribution < -0.4 is 0 Å². The van der Waals surface area contributed by atoms with Crippen LogP contribution in [0.3, 0.4) is 0 Å². The van der Waals surface area contributed by atoms with E-state index in [0.717, 1.165) is 29.9 Å². The lowest BCUT2D eigenvalue weighted by atomic mass is 10.0. The van der Waals surface area contributed by atoms with E-state index in [4.69, 9.17) is 5.11 Å². The Bertz CT molecular complexity index is 605. The molecule has 2 aromatic rings. The molecular formula is C16H23N3O2. The Morgan fingerprint density at radius 1 is 1.24 bits per heavy atom. The Morgan fingerprint density at radius 2 is 2.00 bits per heavy atom. The zero-order valence-corrected chi connectivity index (χ0v) is 12.7. The van der Waals surface area contributed by atoms with Crippen molar-refractivity contribution in [3.63, 3.8) is 0 Å². The molecule has 0 spiro atoms. The van der Waals surface area contributed by atoms with Crippen LogP contribution in [0.2, 0.25) is 0 Å². The first-order valence-corrected chi connectivity index (χ1v) is 7.64. The summed E-state index contributed by atoms with van der Waals surface area (Å²) in [5, 5.41) is 17.2. The number of rotatable bonds is 8. The van der Waals surface area contributed by atoms with E-state index in [1.54, 1.807) is 18.2 Å². The largest absolute Gasteiger partial charge is 0.478 e. The molecule has 0 aliphatic heterocycles. The number of nitrogens with zero attached hydrogens (tertiary/aromatic N) is 3. The summed E-state index contributed by atoms with van der Waals surface area (Å²) in [6.45, 7) is 5.30. The predicted molar refractivity (Wildman–Crippen MR) is 82.4 cm³/mol. The molecule has 0 fully saturated rings. The van der Waals surface area contributed by atoms with Gasteiger partial charge in [-0.05, 0) is 30.5 Å². The number of hydrogen-bond donors (Lipinski definition) is 1. The van der Waals surface area contributed by atoms with E-state index in [1.807, 2.05) is 4.68 Å². The van der Waals surface area contributed by atoms with Crippen LogP contribution in [0.5, 0.6) is 0 Å². The van der Waals surface area contributed by atoms with Crippen LogP contribution in [0.15, 0.2) is 18.2 Å². The van der Waals surface area contributed by atoms with Gasteiger partial charge in [-0.2, -0.15) is 0 Å². The van der Waals surface area contributed by atoms with Crippen molar-refractivity contribution in [1.29, 1.82) is 0 Å². The number of hydrogen-bond acceptors (Lipinski definition) is 3. The van der Waals surface area contributed by atoms with Crippen LogP contribution in [-0.2, 0) is 6.54 Å². The number of carboxylic acid groups (broad SMARTS) is 1. The van der Waals surface area contributed by atoms with Crippen molar-refractivity contribution >= 4 is 17.0 Å². The van der Waals surface area contributed by atoms with Crippen LogP contribution in [-0.4, -0.2) is 26.1 Å². The second kappa shape index (κ2) is 7.20. The van der Waals surface area contributed by atoms with Crippen molar-refractivity contribution in [2.75, 3.05) is 0 Å². The third-order valence-electron chi connectivity index (χ3n) is 3.66. The summed E-state index contributed by atoms with van der Waals surface area (Å²) in [4.78, 5) is 11.0. The van der Waals surface area contributed by atoms with Gasteiger partial charge in [-0.15, -0.1) is 5.10 Å². The summed E-state index contributed by atoms with van der Waals surface area (Å²) in [7, 11) is 0. The Morgan fingerprint density at radius 3 is 2.71 bits per heavy atom. The quantitative estimate of drug-likeness (QED) is 0.752. The number of aromatic carboxylic acids is 1. The van der Waals surface area contributed by atoms with Crippen molar-refractivity contribution in [1.82, 2.24) is 15.0 Å². The number of unbranched alkanes of at least 4 members (excludes halogenated alkanes) is 3. The SMILES string of the molecule is CC(C)CCCCCCn1nnc2ccc(C(=O)O)cc21. The normalized spacial score (nSPS) is 11.4. The second-order valence-corrected chi connectivity index (χ2v) is 5.92. The number of fused-ring (bicyclic) bond motifs is 1. The molecule has 21 heavy (non-hydrogen) atoms. The summed E-state index contributed by atoms with van der Waals surface area (Å²) in [5.41, 5.74) is 1.83. The van der Waals surface area contributed by atoms with Crippen molar-refractivity contribution in [3.8, 4) is 0 Å². The third-order valence-corrected chi connectivity index (χ3v) is 3.66. The monoisotopic (exact) mass is 289 g/mol. The molecule has 1 heterocycles. The van der Waals surface area contributed by atoms with E-state index in [0.29, 0.717) is 0 Å². The van der Waals surface area contributed by atoms with Gasteiger partial charge in [0.15, 0.2) is 0 Å². The molecule has 0 aliphatic carbocycles. The van der Waals surface area contributed by atoms with Gasteiger partial charge in [-0.1, -0.05) is 44.7 Å². The average molecular weight is 289 g/mol. The van der Waals surface area contributed by atoms with Crippen molar-refractivity contribution < 1.29 is 9.90 Å². The van der Waals surface area contributed by atoms with Crippen LogP contribution >= 0.6 is 0 Å². The summed E-state index contributed by atoms with van der Waals surface area (Å²) < 4.78 is 1.81. The van der Waals surface area contributed by atoms with Crippen LogP contribution in [0, 0.1) is 5.92 Å². The molecule has 0 saturated heterocycles. The highest BCUT2D eigenvalue weighted by Gasteiger charge is 2.09. The Labute approximate surface area is 125 Å². The maximum Gasteiger partial charge on any atom is 0.335 e. The second-order valence-electron chi connectivity index (χ2n) is 5.92. The molecule has 5 heteroatoms. The fraction of sp³-hybridized carbons (Fsp3) is 0.562. The smallest absolute Gasteiger partial charge is 0.335 e. The topological polar surface area (TPSA) is 68.0 Å². The number of carbonyl (C=O) groups is 1. The maximum atomic E-state index is 11.0. The molecule has 2 rings (SSSR count). The molecule has 5 nitrogen and oxygen atoms in total. The van der Waals surface area contributed by atoms with Gasteiger partial charge in [0.25, 0.3) is 0 Å². The summed E-state index contributed by atoms with van der Waals surface area (Å²) in [6.07, 6.45) is 6.03. The van der Waals surface area contributed by atoms with Gasteiger partial charge < -0.3 is 5.11 Å².